The minimum Gasteiger partial charge on any atom is -0.343 e. The normalized spacial score (nSPS) is 18.7. The van der Waals surface area contributed by atoms with Gasteiger partial charge in [-0.1, -0.05) is 6.07 Å². The van der Waals surface area contributed by atoms with Gasteiger partial charge in [0.25, 0.3) is 5.56 Å². The average Bonchev–Trinajstić information content (AvgIpc) is 3.10. The van der Waals surface area contributed by atoms with Gasteiger partial charge in [-0.05, 0) is 24.3 Å². The molecule has 6 nitrogen and oxygen atoms in total. The smallest absolute Gasteiger partial charge is 0.343 e. The minimum absolute atomic E-state index is 0.188. The van der Waals surface area contributed by atoms with Crippen LogP contribution in [0, 0.1) is 0 Å². The van der Waals surface area contributed by atoms with Crippen LogP contribution in [0.5, 0.6) is 0 Å². The van der Waals surface area contributed by atoms with E-state index in [2.05, 4.69) is 11.2 Å². The molecule has 1 unspecified atom stereocenters. The van der Waals surface area contributed by atoms with E-state index in [-0.39, 0.29) is 11.6 Å². The molecule has 1 atom stereocenters. The van der Waals surface area contributed by atoms with Gasteiger partial charge >= 0.3 is 5.69 Å². The highest BCUT2D eigenvalue weighted by Gasteiger charge is 2.30. The highest BCUT2D eigenvalue weighted by atomic mass is 32.1. The topological polar surface area (TPSA) is 60.1 Å². The fraction of sp³-hybridized carbons (Fsp3) is 0.462. The molecule has 7 heteroatoms. The number of nitrogens with zero attached hydrogens (tertiary/aromatic N) is 4. The molecule has 3 heterocycles. The lowest BCUT2D eigenvalue weighted by molar-refractivity contribution is 0.583. The molecule has 1 saturated heterocycles. The molecular weight excluding hydrogens is 276 g/mol. The van der Waals surface area contributed by atoms with E-state index in [4.69, 9.17) is 0 Å². The van der Waals surface area contributed by atoms with Crippen LogP contribution in [0.4, 0.5) is 5.82 Å². The molecular formula is C13H16N4O2S. The lowest BCUT2D eigenvalue weighted by Gasteiger charge is -2.24. The number of rotatable bonds is 2. The Bertz CT molecular complexity index is 732. The Hall–Kier alpha value is -1.89. The highest BCUT2D eigenvalue weighted by Crippen LogP contribution is 2.35. The Kier molecular flexibility index (Phi) is 3.21. The summed E-state index contributed by atoms with van der Waals surface area (Å²) in [5, 5.41) is 6.22. The number of thiophene rings is 1. The molecule has 0 spiro atoms. The second kappa shape index (κ2) is 4.90. The van der Waals surface area contributed by atoms with E-state index in [1.54, 1.807) is 18.4 Å². The first-order valence-corrected chi connectivity index (χ1v) is 7.42. The molecule has 0 aliphatic carbocycles. The van der Waals surface area contributed by atoms with Crippen LogP contribution in [-0.2, 0) is 14.1 Å². The van der Waals surface area contributed by atoms with Crippen LogP contribution >= 0.6 is 11.3 Å². The maximum atomic E-state index is 12.3. The van der Waals surface area contributed by atoms with Crippen LogP contribution in [0.25, 0.3) is 0 Å². The van der Waals surface area contributed by atoms with Crippen molar-refractivity contribution in [3.63, 3.8) is 0 Å². The van der Waals surface area contributed by atoms with Crippen molar-refractivity contribution in [1.82, 2.24) is 14.3 Å². The SMILES string of the molecule is Cn1nc(N2CCCC2c2cccs2)c(=O)n(C)c1=O. The van der Waals surface area contributed by atoms with Gasteiger partial charge < -0.3 is 4.90 Å². The molecule has 0 N–H and O–H groups in total. The minimum atomic E-state index is -0.398. The number of anilines is 1. The summed E-state index contributed by atoms with van der Waals surface area (Å²) >= 11 is 1.69. The van der Waals surface area contributed by atoms with Gasteiger partial charge in [0.2, 0.25) is 5.82 Å². The largest absolute Gasteiger partial charge is 0.346 e. The summed E-state index contributed by atoms with van der Waals surface area (Å²) in [7, 11) is 3.06. The maximum absolute atomic E-state index is 12.3. The van der Waals surface area contributed by atoms with Crippen LogP contribution < -0.4 is 16.1 Å². The molecule has 0 amide bonds. The molecule has 3 rings (SSSR count). The highest BCUT2D eigenvalue weighted by molar-refractivity contribution is 7.10. The first kappa shape index (κ1) is 13.1. The Morgan fingerprint density at radius 2 is 2.15 bits per heavy atom. The Labute approximate surface area is 119 Å². The molecule has 0 radical (unpaired) electrons. The summed E-state index contributed by atoms with van der Waals surface area (Å²) in [6.45, 7) is 0.795. The molecule has 1 aliphatic rings. The van der Waals surface area contributed by atoms with Crippen LogP contribution in [0.15, 0.2) is 27.1 Å². The van der Waals surface area contributed by atoms with Gasteiger partial charge in [-0.2, -0.15) is 0 Å². The van der Waals surface area contributed by atoms with Crippen molar-refractivity contribution in [1.29, 1.82) is 0 Å². The van der Waals surface area contributed by atoms with Crippen LogP contribution in [0.2, 0.25) is 0 Å². The maximum Gasteiger partial charge on any atom is 0.346 e. The van der Waals surface area contributed by atoms with E-state index in [9.17, 15) is 9.59 Å². The predicted octanol–water partition coefficient (Wildman–Crippen LogP) is 0.882. The van der Waals surface area contributed by atoms with E-state index in [0.717, 1.165) is 24.0 Å². The predicted molar refractivity (Wildman–Crippen MR) is 78.4 cm³/mol. The number of aromatic nitrogens is 3. The second-order valence-electron chi connectivity index (χ2n) is 4.96. The van der Waals surface area contributed by atoms with Crippen molar-refractivity contribution in [3.05, 3.63) is 43.2 Å². The fourth-order valence-electron chi connectivity index (χ4n) is 2.66. The van der Waals surface area contributed by atoms with Crippen LogP contribution in [-0.4, -0.2) is 20.9 Å². The molecule has 0 bridgehead atoms. The van der Waals surface area contributed by atoms with E-state index < -0.39 is 5.69 Å². The number of hydrogen-bond acceptors (Lipinski definition) is 5. The van der Waals surface area contributed by atoms with Gasteiger partial charge in [-0.15, -0.1) is 16.4 Å². The summed E-state index contributed by atoms with van der Waals surface area (Å²) in [6.07, 6.45) is 2.03. The van der Waals surface area contributed by atoms with Crippen molar-refractivity contribution in [2.45, 2.75) is 18.9 Å². The Morgan fingerprint density at radius 3 is 2.85 bits per heavy atom. The zero-order chi connectivity index (χ0) is 14.3. The fourth-order valence-corrected chi connectivity index (χ4v) is 3.53. The third-order valence-corrected chi connectivity index (χ3v) is 4.67. The van der Waals surface area contributed by atoms with Crippen molar-refractivity contribution < 1.29 is 0 Å². The van der Waals surface area contributed by atoms with Gasteiger partial charge in [0, 0.05) is 25.5 Å². The van der Waals surface area contributed by atoms with Crippen molar-refractivity contribution in [2.24, 2.45) is 14.1 Å². The second-order valence-corrected chi connectivity index (χ2v) is 5.94. The molecule has 106 valence electrons. The van der Waals surface area contributed by atoms with E-state index in [0.29, 0.717) is 5.82 Å². The Morgan fingerprint density at radius 1 is 1.35 bits per heavy atom. The van der Waals surface area contributed by atoms with Gasteiger partial charge in [0.05, 0.1) is 6.04 Å². The summed E-state index contributed by atoms with van der Waals surface area (Å²) in [5.74, 6) is 0.366. The van der Waals surface area contributed by atoms with Crippen LogP contribution in [0.3, 0.4) is 0 Å². The first-order chi connectivity index (χ1) is 9.59. The van der Waals surface area contributed by atoms with Crippen molar-refractivity contribution >= 4 is 17.2 Å². The van der Waals surface area contributed by atoms with Gasteiger partial charge in [-0.3, -0.25) is 9.36 Å². The quantitative estimate of drug-likeness (QED) is 0.824. The zero-order valence-electron chi connectivity index (χ0n) is 11.4. The number of aryl methyl sites for hydroxylation is 1. The van der Waals surface area contributed by atoms with Gasteiger partial charge in [0.1, 0.15) is 0 Å². The first-order valence-electron chi connectivity index (χ1n) is 6.54. The Balaban J connectivity index is 2.09. The lowest BCUT2D eigenvalue weighted by Crippen LogP contribution is -2.42. The molecule has 1 aliphatic heterocycles. The van der Waals surface area contributed by atoms with Crippen molar-refractivity contribution in [3.8, 4) is 0 Å². The summed E-state index contributed by atoms with van der Waals surface area (Å²) in [4.78, 5) is 27.3. The van der Waals surface area contributed by atoms with Crippen LogP contribution in [0.1, 0.15) is 23.8 Å². The molecule has 2 aromatic heterocycles. The molecule has 0 aromatic carbocycles. The van der Waals surface area contributed by atoms with Gasteiger partial charge in [0.15, 0.2) is 0 Å². The zero-order valence-corrected chi connectivity index (χ0v) is 12.3. The molecule has 2 aromatic rings. The van der Waals surface area contributed by atoms with E-state index in [1.165, 1.54) is 16.6 Å². The van der Waals surface area contributed by atoms with Crippen molar-refractivity contribution in [2.75, 3.05) is 11.4 Å². The monoisotopic (exact) mass is 292 g/mol. The molecule has 1 fully saturated rings. The number of hydrogen-bond donors (Lipinski definition) is 0. The third kappa shape index (κ3) is 1.98. The summed E-state index contributed by atoms with van der Waals surface area (Å²) in [6, 6.07) is 4.29. The standard InChI is InChI=1S/C13H16N4O2S/c1-15-12(18)11(14-16(2)13(15)19)17-7-3-5-9(17)10-6-4-8-20-10/h4,6,8-9H,3,5,7H2,1-2H3. The summed E-state index contributed by atoms with van der Waals surface area (Å²) < 4.78 is 2.34. The van der Waals surface area contributed by atoms with E-state index >= 15 is 0 Å². The molecule has 0 saturated carbocycles. The lowest BCUT2D eigenvalue weighted by atomic mass is 10.2. The summed E-state index contributed by atoms with van der Waals surface area (Å²) in [5.41, 5.74) is -0.720. The van der Waals surface area contributed by atoms with E-state index in [1.807, 2.05) is 16.3 Å². The molecule has 20 heavy (non-hydrogen) atoms. The average molecular weight is 292 g/mol. The van der Waals surface area contributed by atoms with Gasteiger partial charge in [-0.25, -0.2) is 9.48 Å². The third-order valence-electron chi connectivity index (χ3n) is 3.70.